The summed E-state index contributed by atoms with van der Waals surface area (Å²) in [6.45, 7) is 2.66. The Morgan fingerprint density at radius 1 is 1.35 bits per heavy atom. The van der Waals surface area contributed by atoms with E-state index < -0.39 is 0 Å². The van der Waals surface area contributed by atoms with Crippen molar-refractivity contribution in [2.45, 2.75) is 36.6 Å². The summed E-state index contributed by atoms with van der Waals surface area (Å²) in [4.78, 5) is 14.5. The van der Waals surface area contributed by atoms with Gasteiger partial charge in [-0.05, 0) is 43.9 Å². The van der Waals surface area contributed by atoms with Crippen molar-refractivity contribution in [3.63, 3.8) is 0 Å². The average molecular weight is 351 g/mol. The number of nitrogens with zero attached hydrogens (tertiary/aromatic N) is 3. The molecule has 7 heteroatoms. The van der Waals surface area contributed by atoms with Gasteiger partial charge in [-0.25, -0.2) is 4.39 Å². The second kappa shape index (κ2) is 7.40. The summed E-state index contributed by atoms with van der Waals surface area (Å²) in [5, 5.41) is 8.91. The molecule has 1 fully saturated rings. The van der Waals surface area contributed by atoms with Gasteiger partial charge in [0, 0.05) is 6.54 Å². The predicted octanol–water partition coefficient (Wildman–Crippen LogP) is 3.83. The monoisotopic (exact) mass is 351 g/mol. The number of thioether (sulfide) groups is 1. The van der Waals surface area contributed by atoms with Gasteiger partial charge in [0.1, 0.15) is 10.8 Å². The average Bonchev–Trinajstić information content (AvgIpc) is 2.99. The molecule has 122 valence electrons. The lowest BCUT2D eigenvalue weighted by Gasteiger charge is -2.36. The molecule has 3 rings (SSSR count). The van der Waals surface area contributed by atoms with Gasteiger partial charge in [-0.15, -0.1) is 10.2 Å². The molecule has 0 aliphatic carbocycles. The lowest BCUT2D eigenvalue weighted by atomic mass is 9.95. The molecule has 0 saturated carbocycles. The summed E-state index contributed by atoms with van der Waals surface area (Å²) in [5.41, 5.74) is 1.01. The Kier molecular flexibility index (Phi) is 5.27. The molecule has 2 aromatic rings. The molecule has 1 amide bonds. The van der Waals surface area contributed by atoms with E-state index >= 15 is 0 Å². The zero-order valence-corrected chi connectivity index (χ0v) is 14.5. The van der Waals surface area contributed by atoms with Crippen molar-refractivity contribution in [2.75, 3.05) is 12.3 Å². The molecule has 1 aliphatic rings. The lowest BCUT2D eigenvalue weighted by molar-refractivity contribution is -0.132. The highest BCUT2D eigenvalue weighted by molar-refractivity contribution is 8.01. The van der Waals surface area contributed by atoms with Gasteiger partial charge in [0.15, 0.2) is 4.34 Å². The van der Waals surface area contributed by atoms with Gasteiger partial charge in [0.2, 0.25) is 5.91 Å². The molecule has 0 N–H and O–H groups in total. The van der Waals surface area contributed by atoms with Crippen LogP contribution >= 0.6 is 23.1 Å². The first kappa shape index (κ1) is 16.4. The molecule has 1 atom stereocenters. The first-order valence-electron chi connectivity index (χ1n) is 7.61. The number of piperidine rings is 1. The van der Waals surface area contributed by atoms with Crippen LogP contribution in [0, 0.1) is 12.7 Å². The molecule has 4 nitrogen and oxygen atoms in total. The van der Waals surface area contributed by atoms with E-state index in [4.69, 9.17) is 0 Å². The number of aryl methyl sites for hydroxylation is 1. The van der Waals surface area contributed by atoms with Gasteiger partial charge in [0.05, 0.1) is 11.8 Å². The number of rotatable bonds is 4. The van der Waals surface area contributed by atoms with Crippen LogP contribution in [-0.4, -0.2) is 33.3 Å². The Bertz CT molecular complexity index is 674. The first-order chi connectivity index (χ1) is 11.1. The van der Waals surface area contributed by atoms with E-state index in [0.717, 1.165) is 40.7 Å². The van der Waals surface area contributed by atoms with Crippen LogP contribution in [0.1, 0.15) is 35.9 Å². The number of benzene rings is 1. The van der Waals surface area contributed by atoms with Crippen LogP contribution in [-0.2, 0) is 4.79 Å². The van der Waals surface area contributed by atoms with Gasteiger partial charge in [0.25, 0.3) is 0 Å². The van der Waals surface area contributed by atoms with E-state index in [1.165, 1.54) is 35.2 Å². The summed E-state index contributed by atoms with van der Waals surface area (Å²) < 4.78 is 13.9. The second-order valence-electron chi connectivity index (χ2n) is 5.53. The maximum absolute atomic E-state index is 13.1. The summed E-state index contributed by atoms with van der Waals surface area (Å²) in [6.07, 6.45) is 3.04. The number of hydrogen-bond donors (Lipinski definition) is 0. The van der Waals surface area contributed by atoms with Crippen LogP contribution in [0.25, 0.3) is 0 Å². The Labute approximate surface area is 143 Å². The van der Waals surface area contributed by atoms with Crippen molar-refractivity contribution in [1.82, 2.24) is 15.1 Å². The number of amides is 1. The topological polar surface area (TPSA) is 46.1 Å². The molecule has 1 aromatic carbocycles. The summed E-state index contributed by atoms with van der Waals surface area (Å²) in [7, 11) is 0. The molecule has 1 aromatic heterocycles. The quantitative estimate of drug-likeness (QED) is 0.786. The Morgan fingerprint density at radius 2 is 2.13 bits per heavy atom. The van der Waals surface area contributed by atoms with Crippen molar-refractivity contribution in [1.29, 1.82) is 0 Å². The van der Waals surface area contributed by atoms with Crippen LogP contribution in [0.4, 0.5) is 4.39 Å². The SMILES string of the molecule is Cc1nnc(SCC(=O)N2CCCCC2c2ccc(F)cc2)s1. The van der Waals surface area contributed by atoms with E-state index in [9.17, 15) is 9.18 Å². The number of likely N-dealkylation sites (tertiary alicyclic amines) is 1. The van der Waals surface area contributed by atoms with Crippen LogP contribution in [0.15, 0.2) is 28.6 Å². The third-order valence-electron chi connectivity index (χ3n) is 3.90. The second-order valence-corrected chi connectivity index (χ2v) is 7.93. The number of halogens is 1. The maximum Gasteiger partial charge on any atom is 0.233 e. The minimum absolute atomic E-state index is 0.0496. The third kappa shape index (κ3) is 4.09. The third-order valence-corrected chi connectivity index (χ3v) is 5.86. The number of aromatic nitrogens is 2. The fraction of sp³-hybridized carbons (Fsp3) is 0.438. The zero-order chi connectivity index (χ0) is 16.2. The molecule has 1 saturated heterocycles. The predicted molar refractivity (Wildman–Crippen MR) is 90.1 cm³/mol. The van der Waals surface area contributed by atoms with E-state index in [1.807, 2.05) is 11.8 Å². The largest absolute Gasteiger partial charge is 0.335 e. The van der Waals surface area contributed by atoms with E-state index in [1.54, 1.807) is 12.1 Å². The minimum Gasteiger partial charge on any atom is -0.335 e. The molecule has 23 heavy (non-hydrogen) atoms. The highest BCUT2D eigenvalue weighted by atomic mass is 32.2. The highest BCUT2D eigenvalue weighted by Gasteiger charge is 2.28. The molecule has 2 heterocycles. The first-order valence-corrected chi connectivity index (χ1v) is 9.41. The van der Waals surface area contributed by atoms with Crippen molar-refractivity contribution in [3.05, 3.63) is 40.7 Å². The van der Waals surface area contributed by atoms with E-state index in [0.29, 0.717) is 5.75 Å². The Hall–Kier alpha value is -1.47. The summed E-state index contributed by atoms with van der Waals surface area (Å²) >= 11 is 2.94. The molecular formula is C16H18FN3OS2. The van der Waals surface area contributed by atoms with Crippen molar-refractivity contribution < 1.29 is 9.18 Å². The number of hydrogen-bond acceptors (Lipinski definition) is 5. The summed E-state index contributed by atoms with van der Waals surface area (Å²) in [6, 6.07) is 6.55. The Balaban J connectivity index is 1.67. The minimum atomic E-state index is -0.246. The van der Waals surface area contributed by atoms with Crippen LogP contribution in [0.5, 0.6) is 0 Å². The van der Waals surface area contributed by atoms with Crippen LogP contribution in [0.2, 0.25) is 0 Å². The normalized spacial score (nSPS) is 18.2. The van der Waals surface area contributed by atoms with Crippen molar-refractivity contribution in [2.24, 2.45) is 0 Å². The highest BCUT2D eigenvalue weighted by Crippen LogP contribution is 2.32. The van der Waals surface area contributed by atoms with Crippen LogP contribution < -0.4 is 0 Å². The van der Waals surface area contributed by atoms with Gasteiger partial charge < -0.3 is 4.90 Å². The fourth-order valence-electron chi connectivity index (χ4n) is 2.80. The molecule has 0 spiro atoms. The Morgan fingerprint density at radius 3 is 2.83 bits per heavy atom. The van der Waals surface area contributed by atoms with Gasteiger partial charge in [-0.3, -0.25) is 4.79 Å². The van der Waals surface area contributed by atoms with Crippen LogP contribution in [0.3, 0.4) is 0 Å². The van der Waals surface area contributed by atoms with Gasteiger partial charge in [-0.1, -0.05) is 35.2 Å². The maximum atomic E-state index is 13.1. The number of carbonyl (C=O) groups is 1. The van der Waals surface area contributed by atoms with E-state index in [-0.39, 0.29) is 17.8 Å². The zero-order valence-electron chi connectivity index (χ0n) is 12.9. The standard InChI is InChI=1S/C16H18FN3OS2/c1-11-18-19-16(23-11)22-10-15(21)20-9-3-2-4-14(20)12-5-7-13(17)8-6-12/h5-8,14H,2-4,9-10H2,1H3. The molecule has 1 aliphatic heterocycles. The lowest BCUT2D eigenvalue weighted by Crippen LogP contribution is -2.39. The molecule has 0 radical (unpaired) electrons. The van der Waals surface area contributed by atoms with Gasteiger partial charge >= 0.3 is 0 Å². The molecule has 0 bridgehead atoms. The van der Waals surface area contributed by atoms with Gasteiger partial charge in [-0.2, -0.15) is 0 Å². The van der Waals surface area contributed by atoms with Crippen molar-refractivity contribution >= 4 is 29.0 Å². The molecular weight excluding hydrogens is 333 g/mol. The number of carbonyl (C=O) groups excluding carboxylic acids is 1. The smallest absolute Gasteiger partial charge is 0.233 e. The van der Waals surface area contributed by atoms with Crippen molar-refractivity contribution in [3.8, 4) is 0 Å². The fourth-order valence-corrected chi connectivity index (χ4v) is 4.51. The van der Waals surface area contributed by atoms with E-state index in [2.05, 4.69) is 10.2 Å². The molecule has 1 unspecified atom stereocenters. The summed E-state index contributed by atoms with van der Waals surface area (Å²) in [5.74, 6) is 0.230.